The van der Waals surface area contributed by atoms with Gasteiger partial charge in [-0.2, -0.15) is 0 Å². The van der Waals surface area contributed by atoms with Crippen LogP contribution in [0.25, 0.3) is 0 Å². The van der Waals surface area contributed by atoms with E-state index in [1.165, 1.54) is 24.5 Å². The van der Waals surface area contributed by atoms with Crippen molar-refractivity contribution < 1.29 is 18.0 Å². The first-order valence-electron chi connectivity index (χ1n) is 9.52. The van der Waals surface area contributed by atoms with Gasteiger partial charge in [-0.1, -0.05) is 0 Å². The van der Waals surface area contributed by atoms with Crippen molar-refractivity contribution in [3.05, 3.63) is 23.8 Å². The molecule has 0 saturated carbocycles. The second kappa shape index (κ2) is 8.18. The minimum atomic E-state index is -3.50. The van der Waals surface area contributed by atoms with Crippen molar-refractivity contribution in [2.45, 2.75) is 24.2 Å². The molecule has 0 unspecified atom stereocenters. The number of anilines is 1. The van der Waals surface area contributed by atoms with Crippen LogP contribution in [-0.2, 0) is 26.0 Å². The fourth-order valence-corrected chi connectivity index (χ4v) is 4.52. The average molecular weight is 409 g/mol. The van der Waals surface area contributed by atoms with E-state index in [1.807, 2.05) is 11.9 Å². The molecule has 1 fully saturated rings. The number of hydrogen-bond acceptors (Lipinski definition) is 5. The third kappa shape index (κ3) is 4.21. The molecule has 3 rings (SSSR count). The highest BCUT2D eigenvalue weighted by Crippen LogP contribution is 2.31. The fourth-order valence-electron chi connectivity index (χ4n) is 3.57. The van der Waals surface area contributed by atoms with Gasteiger partial charge in [0.05, 0.1) is 4.90 Å². The van der Waals surface area contributed by atoms with E-state index in [-0.39, 0.29) is 29.6 Å². The molecule has 28 heavy (non-hydrogen) atoms. The van der Waals surface area contributed by atoms with Gasteiger partial charge in [0.2, 0.25) is 21.8 Å². The Morgan fingerprint density at radius 2 is 1.64 bits per heavy atom. The molecule has 0 aliphatic carbocycles. The second-order valence-corrected chi connectivity index (χ2v) is 9.71. The summed E-state index contributed by atoms with van der Waals surface area (Å²) in [5.41, 5.74) is 1.59. The van der Waals surface area contributed by atoms with E-state index in [4.69, 9.17) is 0 Å². The van der Waals surface area contributed by atoms with Crippen LogP contribution in [0, 0.1) is 0 Å². The zero-order valence-corrected chi connectivity index (χ0v) is 17.5. The Morgan fingerprint density at radius 3 is 2.29 bits per heavy atom. The van der Waals surface area contributed by atoms with E-state index in [2.05, 4.69) is 4.90 Å². The molecule has 0 bridgehead atoms. The fraction of sp³-hybridized carbons (Fsp3) is 0.579. The van der Waals surface area contributed by atoms with Crippen LogP contribution >= 0.6 is 0 Å². The number of likely N-dealkylation sites (N-methyl/N-ethyl adjacent to an activating group) is 1. The molecule has 0 spiro atoms. The van der Waals surface area contributed by atoms with Crippen LogP contribution < -0.4 is 4.90 Å². The van der Waals surface area contributed by atoms with E-state index in [0.717, 1.165) is 24.3 Å². The molecule has 154 valence electrons. The standard InChI is InChI=1S/C19H28N4O4S/c1-20(2)28(26,27)16-4-5-17-15(14-16)8-9-23(17)19(25)7-6-18(24)22-12-10-21(3)11-13-22/h4-5,14H,6-13H2,1-3H3. The van der Waals surface area contributed by atoms with E-state index >= 15 is 0 Å². The number of piperazine rings is 1. The number of carbonyl (C=O) groups excluding carboxylic acids is 2. The van der Waals surface area contributed by atoms with Gasteiger partial charge < -0.3 is 14.7 Å². The van der Waals surface area contributed by atoms with Gasteiger partial charge in [0.25, 0.3) is 0 Å². The molecule has 0 aromatic heterocycles. The molecule has 2 amide bonds. The predicted molar refractivity (Wildman–Crippen MR) is 107 cm³/mol. The number of amides is 2. The van der Waals surface area contributed by atoms with Crippen molar-refractivity contribution in [3.63, 3.8) is 0 Å². The summed E-state index contributed by atoms with van der Waals surface area (Å²) in [6.07, 6.45) is 0.994. The summed E-state index contributed by atoms with van der Waals surface area (Å²) in [5, 5.41) is 0. The van der Waals surface area contributed by atoms with Crippen molar-refractivity contribution in [2.75, 3.05) is 58.8 Å². The number of benzene rings is 1. The normalized spacial score (nSPS) is 17.9. The van der Waals surface area contributed by atoms with Crippen LogP contribution in [0.3, 0.4) is 0 Å². The van der Waals surface area contributed by atoms with Crippen molar-refractivity contribution in [1.29, 1.82) is 0 Å². The smallest absolute Gasteiger partial charge is 0.242 e. The van der Waals surface area contributed by atoms with Gasteiger partial charge in [0.1, 0.15) is 0 Å². The quantitative estimate of drug-likeness (QED) is 0.704. The Kier molecular flexibility index (Phi) is 6.07. The Bertz CT molecular complexity index is 861. The van der Waals surface area contributed by atoms with Crippen LogP contribution in [0.4, 0.5) is 5.69 Å². The molecule has 0 radical (unpaired) electrons. The molecule has 2 aliphatic rings. The summed E-state index contributed by atoms with van der Waals surface area (Å²) in [6.45, 7) is 3.65. The zero-order valence-electron chi connectivity index (χ0n) is 16.7. The maximum Gasteiger partial charge on any atom is 0.242 e. The molecule has 1 aromatic rings. The predicted octanol–water partition coefficient (Wildman–Crippen LogP) is 0.380. The summed E-state index contributed by atoms with van der Waals surface area (Å²) in [5.74, 6) is -0.0715. The number of carbonyl (C=O) groups is 2. The molecule has 9 heteroatoms. The lowest BCUT2D eigenvalue weighted by molar-refractivity contribution is -0.134. The monoisotopic (exact) mass is 408 g/mol. The first-order valence-corrected chi connectivity index (χ1v) is 11.0. The zero-order chi connectivity index (χ0) is 20.5. The van der Waals surface area contributed by atoms with Crippen LogP contribution in [0.15, 0.2) is 23.1 Å². The van der Waals surface area contributed by atoms with E-state index < -0.39 is 10.0 Å². The van der Waals surface area contributed by atoms with Crippen LogP contribution in [-0.4, -0.2) is 88.2 Å². The maximum absolute atomic E-state index is 12.7. The van der Waals surface area contributed by atoms with E-state index in [9.17, 15) is 18.0 Å². The second-order valence-electron chi connectivity index (χ2n) is 7.56. The molecule has 0 N–H and O–H groups in total. The SMILES string of the molecule is CN1CCN(C(=O)CCC(=O)N2CCc3cc(S(=O)(=O)N(C)C)ccc32)CC1. The van der Waals surface area contributed by atoms with Gasteiger partial charge in [-0.15, -0.1) is 0 Å². The van der Waals surface area contributed by atoms with Gasteiger partial charge in [-0.25, -0.2) is 12.7 Å². The summed E-state index contributed by atoms with van der Waals surface area (Å²) in [6, 6.07) is 4.88. The Balaban J connectivity index is 1.62. The minimum Gasteiger partial charge on any atom is -0.340 e. The van der Waals surface area contributed by atoms with Crippen molar-refractivity contribution in [2.24, 2.45) is 0 Å². The number of sulfonamides is 1. The number of rotatable bonds is 5. The average Bonchev–Trinajstić information content (AvgIpc) is 3.09. The highest BCUT2D eigenvalue weighted by Gasteiger charge is 2.28. The van der Waals surface area contributed by atoms with Gasteiger partial charge in [-0.3, -0.25) is 9.59 Å². The molecular weight excluding hydrogens is 380 g/mol. The summed E-state index contributed by atoms with van der Waals surface area (Å²) < 4.78 is 25.8. The summed E-state index contributed by atoms with van der Waals surface area (Å²) >= 11 is 0. The lowest BCUT2D eigenvalue weighted by Gasteiger charge is -2.32. The molecule has 8 nitrogen and oxygen atoms in total. The molecule has 2 heterocycles. The number of hydrogen-bond donors (Lipinski definition) is 0. The summed E-state index contributed by atoms with van der Waals surface area (Å²) in [4.78, 5) is 30.9. The topological polar surface area (TPSA) is 81.2 Å². The third-order valence-corrected chi connectivity index (χ3v) is 7.25. The Hall–Kier alpha value is -1.97. The number of fused-ring (bicyclic) bond motifs is 1. The molecular formula is C19H28N4O4S. The number of nitrogens with zero attached hydrogens (tertiary/aromatic N) is 4. The Morgan fingerprint density at radius 1 is 1.00 bits per heavy atom. The lowest BCUT2D eigenvalue weighted by Crippen LogP contribution is -2.47. The first kappa shape index (κ1) is 20.8. The van der Waals surface area contributed by atoms with Gasteiger partial charge in [0, 0.05) is 65.3 Å². The van der Waals surface area contributed by atoms with E-state index in [1.54, 1.807) is 17.0 Å². The highest BCUT2D eigenvalue weighted by molar-refractivity contribution is 7.89. The van der Waals surface area contributed by atoms with Crippen molar-refractivity contribution >= 4 is 27.5 Å². The van der Waals surface area contributed by atoms with Crippen LogP contribution in [0.1, 0.15) is 18.4 Å². The van der Waals surface area contributed by atoms with Crippen molar-refractivity contribution in [3.8, 4) is 0 Å². The molecule has 1 saturated heterocycles. The van der Waals surface area contributed by atoms with Crippen LogP contribution in [0.5, 0.6) is 0 Å². The molecule has 1 aromatic carbocycles. The molecule has 2 aliphatic heterocycles. The maximum atomic E-state index is 12.7. The van der Waals surface area contributed by atoms with Gasteiger partial charge in [0.15, 0.2) is 0 Å². The van der Waals surface area contributed by atoms with Crippen molar-refractivity contribution in [1.82, 2.24) is 14.1 Å². The minimum absolute atomic E-state index is 0.0216. The van der Waals surface area contributed by atoms with Gasteiger partial charge in [-0.05, 0) is 37.2 Å². The van der Waals surface area contributed by atoms with Crippen LogP contribution in [0.2, 0.25) is 0 Å². The summed E-state index contributed by atoms with van der Waals surface area (Å²) in [7, 11) is 1.53. The van der Waals surface area contributed by atoms with Gasteiger partial charge >= 0.3 is 0 Å². The first-order chi connectivity index (χ1) is 13.2. The third-order valence-electron chi connectivity index (χ3n) is 5.43. The highest BCUT2D eigenvalue weighted by atomic mass is 32.2. The largest absolute Gasteiger partial charge is 0.340 e. The Labute approximate surface area is 166 Å². The van der Waals surface area contributed by atoms with E-state index in [0.29, 0.717) is 26.1 Å². The molecule has 0 atom stereocenters. The lowest BCUT2D eigenvalue weighted by atomic mass is 10.1.